The van der Waals surface area contributed by atoms with Crippen LogP contribution in [0, 0.1) is 19.8 Å². The lowest BCUT2D eigenvalue weighted by Gasteiger charge is -2.38. The number of benzene rings is 2. The molecule has 1 aliphatic rings. The predicted octanol–water partition coefficient (Wildman–Crippen LogP) is 3.99. The normalized spacial score (nSPS) is 17.6. The monoisotopic (exact) mass is 579 g/mol. The van der Waals surface area contributed by atoms with E-state index in [1.807, 2.05) is 14.0 Å². The van der Waals surface area contributed by atoms with E-state index in [2.05, 4.69) is 20.7 Å². The van der Waals surface area contributed by atoms with Crippen molar-refractivity contribution in [3.63, 3.8) is 0 Å². The Bertz CT molecular complexity index is 1420. The molecular formula is C30H37N5O7. The molecule has 1 aliphatic heterocycles. The smallest absolute Gasteiger partial charge is 0.335 e. The molecule has 224 valence electrons. The van der Waals surface area contributed by atoms with E-state index < -0.39 is 24.1 Å². The molecule has 0 bridgehead atoms. The van der Waals surface area contributed by atoms with Crippen LogP contribution in [0.2, 0.25) is 0 Å². The summed E-state index contributed by atoms with van der Waals surface area (Å²) in [5.41, 5.74) is 2.72. The summed E-state index contributed by atoms with van der Waals surface area (Å²) in [7, 11) is 1.93. The second-order valence-electron chi connectivity index (χ2n) is 10.8. The van der Waals surface area contributed by atoms with Crippen molar-refractivity contribution in [2.24, 2.45) is 5.92 Å². The molecule has 12 heteroatoms. The third kappa shape index (κ3) is 6.89. The van der Waals surface area contributed by atoms with Gasteiger partial charge in [-0.05, 0) is 57.6 Å². The van der Waals surface area contributed by atoms with Gasteiger partial charge in [-0.3, -0.25) is 9.69 Å². The number of aliphatic hydroxyl groups is 1. The van der Waals surface area contributed by atoms with Gasteiger partial charge >= 0.3 is 12.0 Å². The maximum absolute atomic E-state index is 13.7. The van der Waals surface area contributed by atoms with Crippen molar-refractivity contribution in [1.82, 2.24) is 15.0 Å². The molecule has 2 aromatic carbocycles. The fourth-order valence-electron chi connectivity index (χ4n) is 4.92. The predicted molar refractivity (Wildman–Crippen MR) is 156 cm³/mol. The molecule has 0 unspecified atom stereocenters. The Kier molecular flexibility index (Phi) is 9.48. The Morgan fingerprint density at radius 2 is 1.88 bits per heavy atom. The summed E-state index contributed by atoms with van der Waals surface area (Å²) >= 11 is 0. The van der Waals surface area contributed by atoms with Gasteiger partial charge < -0.3 is 35.0 Å². The van der Waals surface area contributed by atoms with Crippen molar-refractivity contribution >= 4 is 29.3 Å². The van der Waals surface area contributed by atoms with E-state index in [4.69, 9.17) is 9.26 Å². The van der Waals surface area contributed by atoms with Crippen LogP contribution in [0.4, 0.5) is 16.2 Å². The van der Waals surface area contributed by atoms with E-state index in [-0.39, 0.29) is 35.3 Å². The molecule has 0 radical (unpaired) electrons. The summed E-state index contributed by atoms with van der Waals surface area (Å²) in [5.74, 6) is -0.732. The van der Waals surface area contributed by atoms with Gasteiger partial charge in [0.15, 0.2) is 11.5 Å². The number of fused-ring (bicyclic) bond motifs is 1. The number of aliphatic hydroxyl groups excluding tert-OH is 1. The Labute approximate surface area is 244 Å². The number of amides is 3. The molecule has 0 aliphatic carbocycles. The minimum atomic E-state index is -0.980. The van der Waals surface area contributed by atoms with E-state index in [1.165, 1.54) is 0 Å². The number of carboxylic acids is 1. The summed E-state index contributed by atoms with van der Waals surface area (Å²) in [5, 5.41) is 28.5. The zero-order valence-electron chi connectivity index (χ0n) is 24.4. The number of likely N-dealkylation sites (N-methyl/N-ethyl adjacent to an activating group) is 1. The summed E-state index contributed by atoms with van der Waals surface area (Å²) in [6.07, 6.45) is -0.401. The molecule has 42 heavy (non-hydrogen) atoms. The third-order valence-electron chi connectivity index (χ3n) is 7.36. The number of carbonyl (C=O) groups excluding carboxylic acids is 2. The second kappa shape index (κ2) is 13.0. The molecule has 2 heterocycles. The summed E-state index contributed by atoms with van der Waals surface area (Å²) in [6, 6.07) is 10.7. The molecule has 0 saturated heterocycles. The van der Waals surface area contributed by atoms with Crippen LogP contribution in [0.3, 0.4) is 0 Å². The van der Waals surface area contributed by atoms with Crippen molar-refractivity contribution < 1.29 is 33.9 Å². The average Bonchev–Trinajstić information content (AvgIpc) is 3.27. The van der Waals surface area contributed by atoms with Crippen molar-refractivity contribution in [3.8, 4) is 5.75 Å². The van der Waals surface area contributed by atoms with Gasteiger partial charge in [0.2, 0.25) is 0 Å². The number of nitrogens with one attached hydrogen (secondary N) is 2. The van der Waals surface area contributed by atoms with Crippen LogP contribution in [0.1, 0.15) is 51.6 Å². The van der Waals surface area contributed by atoms with E-state index in [0.717, 1.165) is 5.56 Å². The molecule has 3 atom stereocenters. The number of anilines is 2. The number of carbonyl (C=O) groups is 3. The number of aryl methyl sites for hydroxylation is 2. The topological polar surface area (TPSA) is 157 Å². The zero-order valence-corrected chi connectivity index (χ0v) is 24.4. The van der Waals surface area contributed by atoms with Gasteiger partial charge in [-0.1, -0.05) is 30.3 Å². The number of nitrogens with zero attached hydrogens (tertiary/aromatic N) is 3. The van der Waals surface area contributed by atoms with Crippen LogP contribution in [-0.4, -0.2) is 82.0 Å². The number of para-hydroxylation sites is 1. The molecular weight excluding hydrogens is 542 g/mol. The zero-order chi connectivity index (χ0) is 30.6. The number of aromatic carboxylic acids is 1. The molecule has 4 rings (SSSR count). The SMILES string of the molecule is Cc1noc(C)c1NC(=O)Nc1cccc2c1O[C@@H](CN(C)Cc1ccc(C(=O)O)cc1)[C@@H](C)CN([C@H](C)CO)C2=O. The maximum atomic E-state index is 13.7. The van der Waals surface area contributed by atoms with Gasteiger partial charge in [-0.2, -0.15) is 0 Å². The number of rotatable bonds is 9. The fraction of sp³-hybridized carbons (Fsp3) is 0.400. The molecule has 0 saturated carbocycles. The molecule has 12 nitrogen and oxygen atoms in total. The fourth-order valence-corrected chi connectivity index (χ4v) is 4.92. The van der Waals surface area contributed by atoms with Crippen molar-refractivity contribution in [2.75, 3.05) is 37.4 Å². The number of ether oxygens (including phenoxy) is 1. The van der Waals surface area contributed by atoms with Crippen LogP contribution in [0.15, 0.2) is 47.0 Å². The first-order valence-corrected chi connectivity index (χ1v) is 13.7. The Morgan fingerprint density at radius 3 is 2.50 bits per heavy atom. The van der Waals surface area contributed by atoms with E-state index in [9.17, 15) is 24.6 Å². The highest BCUT2D eigenvalue weighted by Gasteiger charge is 2.34. The first kappa shape index (κ1) is 30.5. The van der Waals surface area contributed by atoms with Crippen molar-refractivity contribution in [3.05, 3.63) is 70.6 Å². The van der Waals surface area contributed by atoms with Crippen LogP contribution < -0.4 is 15.4 Å². The lowest BCUT2D eigenvalue weighted by atomic mass is 9.98. The van der Waals surface area contributed by atoms with Gasteiger partial charge in [0.05, 0.1) is 29.5 Å². The third-order valence-corrected chi connectivity index (χ3v) is 7.36. The number of carboxylic acid groups (broad SMARTS) is 1. The Hall–Kier alpha value is -4.42. The number of aromatic nitrogens is 1. The highest BCUT2D eigenvalue weighted by molar-refractivity contribution is 6.04. The molecule has 0 spiro atoms. The molecule has 4 N–H and O–H groups in total. The maximum Gasteiger partial charge on any atom is 0.335 e. The molecule has 3 amide bonds. The summed E-state index contributed by atoms with van der Waals surface area (Å²) in [4.78, 5) is 41.6. The van der Waals surface area contributed by atoms with Crippen LogP contribution >= 0.6 is 0 Å². The minimum Gasteiger partial charge on any atom is -0.486 e. The molecule has 3 aromatic rings. The van der Waals surface area contributed by atoms with Gasteiger partial charge in [0.1, 0.15) is 17.5 Å². The second-order valence-corrected chi connectivity index (χ2v) is 10.8. The van der Waals surface area contributed by atoms with Crippen molar-refractivity contribution in [1.29, 1.82) is 0 Å². The van der Waals surface area contributed by atoms with E-state index in [0.29, 0.717) is 42.5 Å². The lowest BCUT2D eigenvalue weighted by molar-refractivity contribution is 0.0343. The van der Waals surface area contributed by atoms with Crippen molar-refractivity contribution in [2.45, 2.75) is 46.4 Å². The average molecular weight is 580 g/mol. The van der Waals surface area contributed by atoms with Gasteiger partial charge in [0, 0.05) is 25.6 Å². The minimum absolute atomic E-state index is 0.142. The van der Waals surface area contributed by atoms with Gasteiger partial charge in [-0.15, -0.1) is 0 Å². The van der Waals surface area contributed by atoms with E-state index >= 15 is 0 Å². The Morgan fingerprint density at radius 1 is 1.17 bits per heavy atom. The Balaban J connectivity index is 1.62. The van der Waals surface area contributed by atoms with Gasteiger partial charge in [0.25, 0.3) is 5.91 Å². The first-order chi connectivity index (χ1) is 20.0. The lowest BCUT2D eigenvalue weighted by Crippen LogP contribution is -2.49. The highest BCUT2D eigenvalue weighted by atomic mass is 16.5. The van der Waals surface area contributed by atoms with Crippen LogP contribution in [0.5, 0.6) is 5.75 Å². The number of hydrogen-bond acceptors (Lipinski definition) is 8. The van der Waals surface area contributed by atoms with Gasteiger partial charge in [-0.25, -0.2) is 9.59 Å². The standard InChI is InChI=1S/C30H37N5O7/c1-17-13-35(18(2)16-36)28(37)23-7-6-8-24(31-30(40)32-26-19(3)33-42-20(26)4)27(23)41-25(17)15-34(5)14-21-9-11-22(12-10-21)29(38)39/h6-12,17-18,25,36H,13-16H2,1-5H3,(H,38,39)(H2,31,32,40)/t17-,18+,25-/m0/s1. The number of urea groups is 1. The first-order valence-electron chi connectivity index (χ1n) is 13.7. The summed E-state index contributed by atoms with van der Waals surface area (Å²) in [6.45, 7) is 8.33. The summed E-state index contributed by atoms with van der Waals surface area (Å²) < 4.78 is 11.7. The number of hydrogen-bond donors (Lipinski definition) is 4. The van der Waals surface area contributed by atoms with Crippen LogP contribution in [0.25, 0.3) is 0 Å². The van der Waals surface area contributed by atoms with E-state index in [1.54, 1.807) is 68.1 Å². The largest absolute Gasteiger partial charge is 0.486 e. The highest BCUT2D eigenvalue weighted by Crippen LogP contribution is 2.35. The quantitative estimate of drug-likeness (QED) is 0.294. The molecule has 0 fully saturated rings. The molecule has 1 aromatic heterocycles. The van der Waals surface area contributed by atoms with Crippen LogP contribution in [-0.2, 0) is 6.54 Å².